The van der Waals surface area contributed by atoms with Gasteiger partial charge in [-0.05, 0) is 37.1 Å². The Morgan fingerprint density at radius 3 is 2.70 bits per heavy atom. The lowest BCUT2D eigenvalue weighted by Crippen LogP contribution is -2.20. The van der Waals surface area contributed by atoms with Gasteiger partial charge >= 0.3 is 6.18 Å². The van der Waals surface area contributed by atoms with E-state index >= 15 is 0 Å². The second-order valence-electron chi connectivity index (χ2n) is 5.12. The topological polar surface area (TPSA) is 56.1 Å². The van der Waals surface area contributed by atoms with Gasteiger partial charge in [0, 0.05) is 6.20 Å². The summed E-state index contributed by atoms with van der Waals surface area (Å²) in [6.07, 6.45) is -2.10. The van der Waals surface area contributed by atoms with Gasteiger partial charge < -0.3 is 10.1 Å². The van der Waals surface area contributed by atoms with E-state index in [-0.39, 0.29) is 12.3 Å². The minimum Gasteiger partial charge on any atom is -0.484 e. The molecule has 0 aliphatic heterocycles. The van der Waals surface area contributed by atoms with E-state index in [2.05, 4.69) is 10.4 Å². The maximum atomic E-state index is 12.2. The van der Waals surface area contributed by atoms with E-state index in [0.717, 1.165) is 23.5 Å². The summed E-state index contributed by atoms with van der Waals surface area (Å²) >= 11 is 0. The molecule has 0 saturated carbocycles. The summed E-state index contributed by atoms with van der Waals surface area (Å²) in [7, 11) is 0. The number of halogens is 3. The van der Waals surface area contributed by atoms with Gasteiger partial charge in [0.1, 0.15) is 12.3 Å². The summed E-state index contributed by atoms with van der Waals surface area (Å²) in [5.74, 6) is 0.0748. The molecule has 23 heavy (non-hydrogen) atoms. The molecule has 0 spiro atoms. The molecule has 0 aliphatic carbocycles. The molecule has 1 aromatic carbocycles. The fraction of sp³-hybridized carbons (Fsp3) is 0.333. The molecule has 5 nitrogen and oxygen atoms in total. The van der Waals surface area contributed by atoms with Crippen LogP contribution in [0.2, 0.25) is 0 Å². The predicted octanol–water partition coefficient (Wildman–Crippen LogP) is 3.08. The number of nitrogens with zero attached hydrogens (tertiary/aromatic N) is 2. The number of hydrogen-bond acceptors (Lipinski definition) is 3. The average Bonchev–Trinajstić information content (AvgIpc) is 2.85. The van der Waals surface area contributed by atoms with E-state index in [9.17, 15) is 18.0 Å². The smallest absolute Gasteiger partial charge is 0.408 e. The molecule has 0 aliphatic rings. The predicted molar refractivity (Wildman–Crippen MR) is 78.3 cm³/mol. The molecule has 1 N–H and O–H groups in total. The van der Waals surface area contributed by atoms with Gasteiger partial charge in [0.15, 0.2) is 6.61 Å². The summed E-state index contributed by atoms with van der Waals surface area (Å²) in [6, 6.07) is 5.44. The van der Waals surface area contributed by atoms with Crippen molar-refractivity contribution >= 4 is 11.6 Å². The van der Waals surface area contributed by atoms with Gasteiger partial charge in [0.05, 0.1) is 11.9 Å². The number of carbonyl (C=O) groups excluding carboxylic acids is 1. The van der Waals surface area contributed by atoms with Crippen LogP contribution in [0.3, 0.4) is 0 Å². The van der Waals surface area contributed by atoms with Crippen LogP contribution < -0.4 is 10.1 Å². The van der Waals surface area contributed by atoms with Crippen molar-refractivity contribution in [2.45, 2.75) is 26.6 Å². The number of hydrogen-bond donors (Lipinski definition) is 1. The lowest BCUT2D eigenvalue weighted by Gasteiger charge is -2.08. The molecule has 0 bridgehead atoms. The average molecular weight is 327 g/mol. The third kappa shape index (κ3) is 5.32. The van der Waals surface area contributed by atoms with Crippen LogP contribution in [-0.2, 0) is 11.3 Å². The van der Waals surface area contributed by atoms with Crippen LogP contribution in [-0.4, -0.2) is 28.5 Å². The molecule has 124 valence electrons. The van der Waals surface area contributed by atoms with E-state index in [1.165, 1.54) is 0 Å². The van der Waals surface area contributed by atoms with Gasteiger partial charge in [0.2, 0.25) is 0 Å². The Bertz CT molecular complexity index is 696. The summed E-state index contributed by atoms with van der Waals surface area (Å²) < 4.78 is 42.7. The summed E-state index contributed by atoms with van der Waals surface area (Å²) in [6.45, 7) is 2.44. The molecule has 0 atom stereocenters. The first-order chi connectivity index (χ1) is 10.7. The lowest BCUT2D eigenvalue weighted by atomic mass is 10.1. The number of aryl methyl sites for hydroxylation is 2. The Morgan fingerprint density at radius 1 is 1.30 bits per heavy atom. The number of benzene rings is 1. The van der Waals surface area contributed by atoms with E-state index in [0.29, 0.717) is 10.4 Å². The lowest BCUT2D eigenvalue weighted by molar-refractivity contribution is -0.142. The second kappa shape index (κ2) is 6.72. The van der Waals surface area contributed by atoms with Crippen molar-refractivity contribution in [3.8, 4) is 5.75 Å². The van der Waals surface area contributed by atoms with Gasteiger partial charge in [-0.1, -0.05) is 6.07 Å². The number of ether oxygens (including phenoxy) is 1. The van der Waals surface area contributed by atoms with Gasteiger partial charge in [0.25, 0.3) is 5.91 Å². The maximum Gasteiger partial charge on any atom is 0.408 e. The van der Waals surface area contributed by atoms with Crippen LogP contribution >= 0.6 is 0 Å². The molecule has 1 amide bonds. The largest absolute Gasteiger partial charge is 0.484 e. The number of aromatic nitrogens is 2. The van der Waals surface area contributed by atoms with Crippen LogP contribution in [0.25, 0.3) is 0 Å². The summed E-state index contributed by atoms with van der Waals surface area (Å²) in [4.78, 5) is 11.7. The molecule has 0 unspecified atom stereocenters. The van der Waals surface area contributed by atoms with Crippen LogP contribution in [0.5, 0.6) is 5.75 Å². The number of nitrogens with one attached hydrogen (secondary N) is 1. The van der Waals surface area contributed by atoms with Gasteiger partial charge in [-0.25, -0.2) is 0 Å². The SMILES string of the molecule is Cc1ccc(OCC(=O)Nc2cnn(CC(F)(F)F)c2)cc1C. The fourth-order valence-electron chi connectivity index (χ4n) is 1.85. The van der Waals surface area contributed by atoms with E-state index < -0.39 is 18.6 Å². The standard InChI is InChI=1S/C15H16F3N3O2/c1-10-3-4-13(5-11(10)2)23-8-14(22)20-12-6-19-21(7-12)9-15(16,17)18/h3-7H,8-9H2,1-2H3,(H,20,22). The second-order valence-corrected chi connectivity index (χ2v) is 5.12. The highest BCUT2D eigenvalue weighted by Gasteiger charge is 2.28. The molecular formula is C15H16F3N3O2. The number of amides is 1. The first-order valence-electron chi connectivity index (χ1n) is 6.82. The van der Waals surface area contributed by atoms with Crippen molar-refractivity contribution in [2.75, 3.05) is 11.9 Å². The third-order valence-corrected chi connectivity index (χ3v) is 3.11. The highest BCUT2D eigenvalue weighted by atomic mass is 19.4. The first kappa shape index (κ1) is 16.9. The van der Waals surface area contributed by atoms with E-state index in [1.807, 2.05) is 26.0 Å². The Kier molecular flexibility index (Phi) is 4.92. The van der Waals surface area contributed by atoms with E-state index in [4.69, 9.17) is 4.74 Å². The first-order valence-corrected chi connectivity index (χ1v) is 6.82. The molecule has 1 aromatic heterocycles. The van der Waals surface area contributed by atoms with Gasteiger partial charge in [-0.3, -0.25) is 9.48 Å². The zero-order valence-corrected chi connectivity index (χ0v) is 12.6. The summed E-state index contributed by atoms with van der Waals surface area (Å²) in [5, 5.41) is 5.97. The van der Waals surface area contributed by atoms with Crippen molar-refractivity contribution in [1.82, 2.24) is 9.78 Å². The minimum absolute atomic E-state index is 0.183. The monoisotopic (exact) mass is 327 g/mol. The Hall–Kier alpha value is -2.51. The minimum atomic E-state index is -4.36. The van der Waals surface area contributed by atoms with Crippen molar-refractivity contribution in [3.63, 3.8) is 0 Å². The molecule has 2 rings (SSSR count). The summed E-state index contributed by atoms with van der Waals surface area (Å²) in [5.41, 5.74) is 2.33. The van der Waals surface area contributed by atoms with Crippen molar-refractivity contribution in [2.24, 2.45) is 0 Å². The number of carbonyl (C=O) groups is 1. The zero-order valence-electron chi connectivity index (χ0n) is 12.6. The van der Waals surface area contributed by atoms with Gasteiger partial charge in [-0.2, -0.15) is 18.3 Å². The quantitative estimate of drug-likeness (QED) is 0.918. The number of rotatable bonds is 5. The highest BCUT2D eigenvalue weighted by molar-refractivity contribution is 5.91. The van der Waals surface area contributed by atoms with Crippen molar-refractivity contribution < 1.29 is 22.7 Å². The number of anilines is 1. The Morgan fingerprint density at radius 2 is 2.04 bits per heavy atom. The number of alkyl halides is 3. The Balaban J connectivity index is 1.86. The highest BCUT2D eigenvalue weighted by Crippen LogP contribution is 2.18. The Labute approximate surface area is 131 Å². The van der Waals surface area contributed by atoms with E-state index in [1.54, 1.807) is 6.07 Å². The molecular weight excluding hydrogens is 311 g/mol. The molecule has 0 fully saturated rings. The van der Waals surface area contributed by atoms with Crippen molar-refractivity contribution in [3.05, 3.63) is 41.7 Å². The van der Waals surface area contributed by atoms with Gasteiger partial charge in [-0.15, -0.1) is 0 Å². The van der Waals surface area contributed by atoms with Crippen LogP contribution in [0.1, 0.15) is 11.1 Å². The van der Waals surface area contributed by atoms with Crippen LogP contribution in [0, 0.1) is 13.8 Å². The molecule has 2 aromatic rings. The molecule has 0 radical (unpaired) electrons. The van der Waals surface area contributed by atoms with Crippen molar-refractivity contribution in [1.29, 1.82) is 0 Å². The van der Waals surface area contributed by atoms with Crippen LogP contribution in [0.4, 0.5) is 18.9 Å². The van der Waals surface area contributed by atoms with Crippen LogP contribution in [0.15, 0.2) is 30.6 Å². The fourth-order valence-corrected chi connectivity index (χ4v) is 1.85. The third-order valence-electron chi connectivity index (χ3n) is 3.11. The zero-order chi connectivity index (χ0) is 17.0. The molecule has 1 heterocycles. The molecule has 0 saturated heterocycles. The maximum absolute atomic E-state index is 12.2. The molecule has 8 heteroatoms. The normalized spacial score (nSPS) is 11.3.